The number of nitrogens with one attached hydrogen (secondary N) is 1. The first-order chi connectivity index (χ1) is 7.15. The average Bonchev–Trinajstić information content (AvgIpc) is 2.26. The van der Waals surface area contributed by atoms with E-state index in [1.165, 1.54) is 19.3 Å². The van der Waals surface area contributed by atoms with Crippen LogP contribution < -0.4 is 5.32 Å². The van der Waals surface area contributed by atoms with Crippen LogP contribution in [0.2, 0.25) is 0 Å². The summed E-state index contributed by atoms with van der Waals surface area (Å²) in [7, 11) is 0. The van der Waals surface area contributed by atoms with Crippen molar-refractivity contribution in [1.29, 1.82) is 0 Å². The first-order valence-corrected chi connectivity index (χ1v) is 6.50. The van der Waals surface area contributed by atoms with Gasteiger partial charge in [-0.25, -0.2) is 0 Å². The maximum absolute atomic E-state index is 5.80. The fourth-order valence-electron chi connectivity index (χ4n) is 2.31. The van der Waals surface area contributed by atoms with Gasteiger partial charge in [-0.15, -0.1) is 0 Å². The van der Waals surface area contributed by atoms with Crippen molar-refractivity contribution in [3.05, 3.63) is 0 Å². The zero-order chi connectivity index (χ0) is 11.3. The van der Waals surface area contributed by atoms with Crippen LogP contribution in [0.3, 0.4) is 0 Å². The van der Waals surface area contributed by atoms with Crippen LogP contribution >= 0.6 is 0 Å². The second kappa shape index (κ2) is 6.49. The summed E-state index contributed by atoms with van der Waals surface area (Å²) in [5.74, 6) is 1.46. The van der Waals surface area contributed by atoms with Crippen LogP contribution in [0.1, 0.15) is 47.0 Å². The first-order valence-electron chi connectivity index (χ1n) is 6.50. The molecule has 0 aromatic rings. The average molecular weight is 213 g/mol. The fourth-order valence-corrected chi connectivity index (χ4v) is 2.31. The highest BCUT2D eigenvalue weighted by Gasteiger charge is 2.27. The van der Waals surface area contributed by atoms with Gasteiger partial charge in [0.05, 0.1) is 6.10 Å². The highest BCUT2D eigenvalue weighted by molar-refractivity contribution is 4.80. The van der Waals surface area contributed by atoms with Crippen molar-refractivity contribution < 1.29 is 4.74 Å². The van der Waals surface area contributed by atoms with Gasteiger partial charge in [0.2, 0.25) is 0 Å². The van der Waals surface area contributed by atoms with E-state index in [2.05, 4.69) is 33.0 Å². The maximum Gasteiger partial charge on any atom is 0.0601 e. The van der Waals surface area contributed by atoms with Gasteiger partial charge < -0.3 is 10.1 Å². The van der Waals surface area contributed by atoms with Crippen molar-refractivity contribution >= 4 is 0 Å². The molecule has 0 aromatic heterocycles. The summed E-state index contributed by atoms with van der Waals surface area (Å²) >= 11 is 0. The van der Waals surface area contributed by atoms with E-state index in [-0.39, 0.29) is 0 Å². The lowest BCUT2D eigenvalue weighted by molar-refractivity contribution is -0.0397. The molecule has 2 heteroatoms. The minimum atomic E-state index is 0.481. The van der Waals surface area contributed by atoms with Gasteiger partial charge >= 0.3 is 0 Å². The summed E-state index contributed by atoms with van der Waals surface area (Å²) in [6.45, 7) is 11.2. The Balaban J connectivity index is 2.34. The summed E-state index contributed by atoms with van der Waals surface area (Å²) in [4.78, 5) is 0. The number of hydrogen-bond donors (Lipinski definition) is 1. The van der Waals surface area contributed by atoms with E-state index in [0.717, 1.165) is 19.1 Å². The first kappa shape index (κ1) is 13.0. The van der Waals surface area contributed by atoms with E-state index in [1.807, 2.05) is 0 Å². The van der Waals surface area contributed by atoms with Crippen LogP contribution in [0.4, 0.5) is 0 Å². The second-order valence-electron chi connectivity index (χ2n) is 5.18. The quantitative estimate of drug-likeness (QED) is 0.758. The summed E-state index contributed by atoms with van der Waals surface area (Å²) in [5.41, 5.74) is 0. The number of ether oxygens (including phenoxy) is 1. The monoisotopic (exact) mass is 213 g/mol. The molecule has 3 unspecified atom stereocenters. The molecule has 1 fully saturated rings. The molecule has 1 aliphatic rings. The molecule has 0 saturated carbocycles. The van der Waals surface area contributed by atoms with Crippen LogP contribution in [0.15, 0.2) is 0 Å². The minimum absolute atomic E-state index is 0.481. The Morgan fingerprint density at radius 1 is 1.33 bits per heavy atom. The summed E-state index contributed by atoms with van der Waals surface area (Å²) in [6, 6.07) is 0.648. The van der Waals surface area contributed by atoms with Crippen molar-refractivity contribution in [2.24, 2.45) is 11.8 Å². The Bertz CT molecular complexity index is 170. The number of hydrogen-bond acceptors (Lipinski definition) is 2. The Kier molecular flexibility index (Phi) is 5.62. The predicted octanol–water partition coefficient (Wildman–Crippen LogP) is 2.83. The van der Waals surface area contributed by atoms with E-state index in [9.17, 15) is 0 Å². The Labute approximate surface area is 94.8 Å². The van der Waals surface area contributed by atoms with Crippen molar-refractivity contribution in [1.82, 2.24) is 5.32 Å². The van der Waals surface area contributed by atoms with Crippen LogP contribution in [0.5, 0.6) is 0 Å². The molecule has 0 radical (unpaired) electrons. The molecule has 15 heavy (non-hydrogen) atoms. The topological polar surface area (TPSA) is 21.3 Å². The van der Waals surface area contributed by atoms with Gasteiger partial charge in [-0.1, -0.05) is 20.8 Å². The number of rotatable bonds is 5. The molecule has 0 aromatic carbocycles. The van der Waals surface area contributed by atoms with Crippen molar-refractivity contribution in [2.75, 3.05) is 13.2 Å². The molecule has 90 valence electrons. The zero-order valence-corrected chi connectivity index (χ0v) is 10.8. The zero-order valence-electron chi connectivity index (χ0n) is 10.8. The van der Waals surface area contributed by atoms with Crippen LogP contribution in [-0.4, -0.2) is 25.3 Å². The summed E-state index contributed by atoms with van der Waals surface area (Å²) in [5, 5.41) is 3.61. The van der Waals surface area contributed by atoms with Gasteiger partial charge in [0.25, 0.3) is 0 Å². The van der Waals surface area contributed by atoms with E-state index < -0.39 is 0 Å². The largest absolute Gasteiger partial charge is 0.378 e. The smallest absolute Gasteiger partial charge is 0.0601 e. The highest BCUT2D eigenvalue weighted by atomic mass is 16.5. The van der Waals surface area contributed by atoms with Gasteiger partial charge in [0, 0.05) is 12.6 Å². The summed E-state index contributed by atoms with van der Waals surface area (Å²) in [6.07, 6.45) is 4.16. The highest BCUT2D eigenvalue weighted by Crippen LogP contribution is 2.27. The van der Waals surface area contributed by atoms with Crippen LogP contribution in [0.25, 0.3) is 0 Å². The fraction of sp³-hybridized carbons (Fsp3) is 1.00. The molecular weight excluding hydrogens is 186 g/mol. The molecule has 2 nitrogen and oxygen atoms in total. The van der Waals surface area contributed by atoms with E-state index in [0.29, 0.717) is 18.1 Å². The Morgan fingerprint density at radius 3 is 2.67 bits per heavy atom. The lowest BCUT2D eigenvalue weighted by Crippen LogP contribution is -2.40. The molecule has 3 atom stereocenters. The van der Waals surface area contributed by atoms with Gasteiger partial charge in [0.1, 0.15) is 0 Å². The predicted molar refractivity (Wildman–Crippen MR) is 65.1 cm³/mol. The molecule has 0 bridgehead atoms. The standard InChI is InChI=1S/C13H27NO/c1-5-7-14-11(4)12-6-8-15-13(9-12)10(2)3/h10-14H,5-9H2,1-4H3. The third-order valence-corrected chi connectivity index (χ3v) is 3.52. The molecular formula is C13H27NO. The lowest BCUT2D eigenvalue weighted by atomic mass is 9.86. The van der Waals surface area contributed by atoms with Gasteiger partial charge in [-0.3, -0.25) is 0 Å². The van der Waals surface area contributed by atoms with Crippen molar-refractivity contribution in [3.8, 4) is 0 Å². The summed E-state index contributed by atoms with van der Waals surface area (Å²) < 4.78 is 5.80. The molecule has 1 rings (SSSR count). The molecule has 0 spiro atoms. The van der Waals surface area contributed by atoms with Crippen molar-refractivity contribution in [2.45, 2.75) is 59.1 Å². The molecule has 1 aliphatic heterocycles. The minimum Gasteiger partial charge on any atom is -0.378 e. The van der Waals surface area contributed by atoms with Gasteiger partial charge in [-0.2, -0.15) is 0 Å². The van der Waals surface area contributed by atoms with E-state index in [4.69, 9.17) is 4.74 Å². The van der Waals surface area contributed by atoms with E-state index >= 15 is 0 Å². The third kappa shape index (κ3) is 4.12. The second-order valence-corrected chi connectivity index (χ2v) is 5.18. The van der Waals surface area contributed by atoms with Gasteiger partial charge in [-0.05, 0) is 44.6 Å². The van der Waals surface area contributed by atoms with Crippen LogP contribution in [-0.2, 0) is 4.74 Å². The molecule has 1 N–H and O–H groups in total. The molecule has 0 aliphatic carbocycles. The third-order valence-electron chi connectivity index (χ3n) is 3.52. The van der Waals surface area contributed by atoms with E-state index in [1.54, 1.807) is 0 Å². The molecule has 1 saturated heterocycles. The van der Waals surface area contributed by atoms with Crippen LogP contribution in [0, 0.1) is 11.8 Å². The molecule has 1 heterocycles. The van der Waals surface area contributed by atoms with Crippen molar-refractivity contribution in [3.63, 3.8) is 0 Å². The maximum atomic E-state index is 5.80. The Morgan fingerprint density at radius 2 is 2.07 bits per heavy atom. The Hall–Kier alpha value is -0.0800. The van der Waals surface area contributed by atoms with Gasteiger partial charge in [0.15, 0.2) is 0 Å². The molecule has 0 amide bonds. The SMILES string of the molecule is CCCNC(C)C1CCOC(C(C)C)C1. The lowest BCUT2D eigenvalue weighted by Gasteiger charge is -2.35. The normalized spacial score (nSPS) is 29.4.